The van der Waals surface area contributed by atoms with Gasteiger partial charge in [0, 0.05) is 20.2 Å². The predicted octanol–water partition coefficient (Wildman–Crippen LogP) is 5.95. The number of hydrogen-bond acceptors (Lipinski definition) is 2. The monoisotopic (exact) mass is 318 g/mol. The number of rotatable bonds is 2. The number of benzene rings is 3. The lowest BCUT2D eigenvalue weighted by molar-refractivity contribution is 0.0793. The summed E-state index contributed by atoms with van der Waals surface area (Å²) in [7, 11) is 0. The minimum atomic E-state index is -0.879. The van der Waals surface area contributed by atoms with Crippen LogP contribution in [0.2, 0.25) is 0 Å². The summed E-state index contributed by atoms with van der Waals surface area (Å²) < 4.78 is 2.51. The van der Waals surface area contributed by atoms with Gasteiger partial charge in [0.15, 0.2) is 0 Å². The Morgan fingerprint density at radius 3 is 2.22 bits per heavy atom. The van der Waals surface area contributed by atoms with Crippen LogP contribution in [0.15, 0.2) is 66.7 Å². The van der Waals surface area contributed by atoms with Crippen LogP contribution in [-0.2, 0) is 5.60 Å². The van der Waals surface area contributed by atoms with Crippen molar-refractivity contribution in [2.45, 2.75) is 19.4 Å². The second-order valence-electron chi connectivity index (χ2n) is 6.42. The summed E-state index contributed by atoms with van der Waals surface area (Å²) in [5, 5.41) is 13.2. The number of hydrogen-bond donors (Lipinski definition) is 1. The molecule has 0 saturated heterocycles. The first-order chi connectivity index (χ1) is 11.0. The predicted molar refractivity (Wildman–Crippen MR) is 100 cm³/mol. The van der Waals surface area contributed by atoms with Gasteiger partial charge in [-0.15, -0.1) is 11.3 Å². The SMILES string of the molecule is CC(C)(O)c1cc2sc3ccccc3c2cc1-c1ccccc1. The van der Waals surface area contributed by atoms with Crippen LogP contribution in [0.4, 0.5) is 0 Å². The molecule has 2 heteroatoms. The van der Waals surface area contributed by atoms with Crippen LogP contribution in [0, 0.1) is 0 Å². The van der Waals surface area contributed by atoms with E-state index in [2.05, 4.69) is 48.5 Å². The molecule has 23 heavy (non-hydrogen) atoms. The molecule has 0 radical (unpaired) electrons. The Hall–Kier alpha value is -2.16. The highest BCUT2D eigenvalue weighted by molar-refractivity contribution is 7.25. The van der Waals surface area contributed by atoms with E-state index in [0.717, 1.165) is 16.7 Å². The van der Waals surface area contributed by atoms with Crippen LogP contribution in [0.1, 0.15) is 19.4 Å². The quantitative estimate of drug-likeness (QED) is 0.484. The van der Waals surface area contributed by atoms with Gasteiger partial charge in [0.2, 0.25) is 0 Å². The van der Waals surface area contributed by atoms with Crippen LogP contribution in [0.25, 0.3) is 31.3 Å². The van der Waals surface area contributed by atoms with E-state index in [1.807, 2.05) is 32.0 Å². The van der Waals surface area contributed by atoms with Crippen molar-refractivity contribution in [2.75, 3.05) is 0 Å². The van der Waals surface area contributed by atoms with Gasteiger partial charge < -0.3 is 5.11 Å². The van der Waals surface area contributed by atoms with Gasteiger partial charge in [0.1, 0.15) is 0 Å². The van der Waals surface area contributed by atoms with Crippen molar-refractivity contribution < 1.29 is 5.11 Å². The molecule has 1 N–H and O–H groups in total. The third-order valence-electron chi connectivity index (χ3n) is 4.26. The Morgan fingerprint density at radius 1 is 0.783 bits per heavy atom. The van der Waals surface area contributed by atoms with E-state index in [1.54, 1.807) is 11.3 Å². The molecule has 0 aliphatic carbocycles. The maximum atomic E-state index is 10.7. The Morgan fingerprint density at radius 2 is 1.48 bits per heavy atom. The first kappa shape index (κ1) is 14.4. The summed E-state index contributed by atoms with van der Waals surface area (Å²) in [6, 6.07) is 23.2. The van der Waals surface area contributed by atoms with Crippen LogP contribution in [0.5, 0.6) is 0 Å². The van der Waals surface area contributed by atoms with Crippen molar-refractivity contribution >= 4 is 31.5 Å². The zero-order valence-corrected chi connectivity index (χ0v) is 14.0. The Labute approximate surface area is 139 Å². The molecule has 114 valence electrons. The maximum Gasteiger partial charge on any atom is 0.0847 e. The number of thiophene rings is 1. The van der Waals surface area contributed by atoms with E-state index >= 15 is 0 Å². The summed E-state index contributed by atoms with van der Waals surface area (Å²) in [6.07, 6.45) is 0. The smallest absolute Gasteiger partial charge is 0.0847 e. The van der Waals surface area contributed by atoms with Crippen molar-refractivity contribution in [3.05, 3.63) is 72.3 Å². The minimum absolute atomic E-state index is 0.879. The molecule has 4 aromatic rings. The van der Waals surface area contributed by atoms with Gasteiger partial charge in [0.05, 0.1) is 5.60 Å². The molecule has 0 amide bonds. The molecule has 0 fully saturated rings. The molecule has 0 bridgehead atoms. The molecule has 0 saturated carbocycles. The van der Waals surface area contributed by atoms with Gasteiger partial charge in [-0.2, -0.15) is 0 Å². The lowest BCUT2D eigenvalue weighted by atomic mass is 9.88. The van der Waals surface area contributed by atoms with E-state index in [4.69, 9.17) is 0 Å². The third kappa shape index (κ3) is 2.44. The zero-order valence-electron chi connectivity index (χ0n) is 13.2. The average Bonchev–Trinajstić information content (AvgIpc) is 2.91. The summed E-state index contributed by atoms with van der Waals surface area (Å²) in [5.41, 5.74) is 2.34. The fourth-order valence-electron chi connectivity index (χ4n) is 3.13. The third-order valence-corrected chi connectivity index (χ3v) is 5.39. The Bertz CT molecular complexity index is 991. The van der Waals surface area contributed by atoms with Gasteiger partial charge >= 0.3 is 0 Å². The first-order valence-corrected chi connectivity index (χ1v) is 8.59. The molecular formula is C21H18OS. The molecule has 0 unspecified atom stereocenters. The molecule has 4 rings (SSSR count). The van der Waals surface area contributed by atoms with Crippen molar-refractivity contribution in [1.82, 2.24) is 0 Å². The zero-order chi connectivity index (χ0) is 16.0. The van der Waals surface area contributed by atoms with Crippen LogP contribution in [0.3, 0.4) is 0 Å². The second kappa shape index (κ2) is 5.19. The minimum Gasteiger partial charge on any atom is -0.386 e. The largest absolute Gasteiger partial charge is 0.386 e. The highest BCUT2D eigenvalue weighted by Crippen LogP contribution is 2.41. The van der Waals surface area contributed by atoms with E-state index < -0.39 is 5.60 Å². The van der Waals surface area contributed by atoms with Gasteiger partial charge in [-0.05, 0) is 48.7 Å². The molecular weight excluding hydrogens is 300 g/mol. The number of fused-ring (bicyclic) bond motifs is 3. The second-order valence-corrected chi connectivity index (χ2v) is 7.50. The van der Waals surface area contributed by atoms with Crippen molar-refractivity contribution in [3.8, 4) is 11.1 Å². The molecule has 1 heterocycles. The standard InChI is InChI=1S/C21H18OS/c1-21(2,22)18-13-20-17(15-10-6-7-11-19(15)23-20)12-16(18)14-8-4-3-5-9-14/h3-13,22H,1-2H3. The Balaban J connectivity index is 2.11. The molecule has 0 spiro atoms. The number of aliphatic hydroxyl groups is 1. The molecule has 0 aliphatic rings. The lowest BCUT2D eigenvalue weighted by Crippen LogP contribution is -2.16. The summed E-state index contributed by atoms with van der Waals surface area (Å²) in [5.74, 6) is 0. The highest BCUT2D eigenvalue weighted by Gasteiger charge is 2.22. The van der Waals surface area contributed by atoms with Gasteiger partial charge in [-0.25, -0.2) is 0 Å². The van der Waals surface area contributed by atoms with Crippen molar-refractivity contribution in [2.24, 2.45) is 0 Å². The lowest BCUT2D eigenvalue weighted by Gasteiger charge is -2.22. The topological polar surface area (TPSA) is 20.2 Å². The van der Waals surface area contributed by atoms with Crippen LogP contribution < -0.4 is 0 Å². The van der Waals surface area contributed by atoms with Crippen molar-refractivity contribution in [3.63, 3.8) is 0 Å². The van der Waals surface area contributed by atoms with Gasteiger partial charge in [0.25, 0.3) is 0 Å². The Kier molecular flexibility index (Phi) is 3.26. The molecule has 1 nitrogen and oxygen atoms in total. The molecule has 0 atom stereocenters. The van der Waals surface area contributed by atoms with E-state index in [1.165, 1.54) is 20.2 Å². The van der Waals surface area contributed by atoms with E-state index in [9.17, 15) is 5.11 Å². The summed E-state index contributed by atoms with van der Waals surface area (Å²) in [6.45, 7) is 3.71. The summed E-state index contributed by atoms with van der Waals surface area (Å²) in [4.78, 5) is 0. The molecule has 0 aliphatic heterocycles. The van der Waals surface area contributed by atoms with Crippen LogP contribution in [-0.4, -0.2) is 5.11 Å². The van der Waals surface area contributed by atoms with Crippen LogP contribution >= 0.6 is 11.3 Å². The molecule has 1 aromatic heterocycles. The highest BCUT2D eigenvalue weighted by atomic mass is 32.1. The first-order valence-electron chi connectivity index (χ1n) is 7.77. The normalized spacial score (nSPS) is 12.1. The summed E-state index contributed by atoms with van der Waals surface area (Å²) >= 11 is 1.78. The maximum absolute atomic E-state index is 10.7. The fourth-order valence-corrected chi connectivity index (χ4v) is 4.26. The van der Waals surface area contributed by atoms with E-state index in [-0.39, 0.29) is 0 Å². The van der Waals surface area contributed by atoms with Crippen molar-refractivity contribution in [1.29, 1.82) is 0 Å². The molecule has 3 aromatic carbocycles. The average molecular weight is 318 g/mol. The van der Waals surface area contributed by atoms with E-state index in [0.29, 0.717) is 0 Å². The van der Waals surface area contributed by atoms with Gasteiger partial charge in [-0.3, -0.25) is 0 Å². The fraction of sp³-hybridized carbons (Fsp3) is 0.143. The van der Waals surface area contributed by atoms with Gasteiger partial charge in [-0.1, -0.05) is 48.5 Å².